The Kier molecular flexibility index (Phi) is 6.43. The van der Waals surface area contributed by atoms with Gasteiger partial charge in [0, 0.05) is 44.5 Å². The largest absolute Gasteiger partial charge is 0.356 e. The smallest absolute Gasteiger partial charge is 0.191 e. The lowest BCUT2D eigenvalue weighted by atomic mass is 10.1. The highest BCUT2D eigenvalue weighted by Crippen LogP contribution is 2.18. The summed E-state index contributed by atoms with van der Waals surface area (Å²) in [6.45, 7) is 4.20. The zero-order valence-electron chi connectivity index (χ0n) is 16.2. The van der Waals surface area contributed by atoms with Crippen LogP contribution in [0.2, 0.25) is 0 Å². The van der Waals surface area contributed by atoms with Crippen LogP contribution in [0, 0.1) is 24.1 Å². The van der Waals surface area contributed by atoms with Gasteiger partial charge in [0.25, 0.3) is 0 Å². The normalized spacial score (nSPS) is 15.2. The van der Waals surface area contributed by atoms with Crippen LogP contribution in [0.3, 0.4) is 0 Å². The van der Waals surface area contributed by atoms with Gasteiger partial charge >= 0.3 is 0 Å². The molecule has 1 aromatic carbocycles. The molecule has 1 aromatic heterocycles. The molecule has 0 amide bonds. The van der Waals surface area contributed by atoms with Crippen molar-refractivity contribution in [1.29, 1.82) is 5.26 Å². The fraction of sp³-hybridized carbons (Fsp3) is 0.381. The van der Waals surface area contributed by atoms with E-state index in [2.05, 4.69) is 37.6 Å². The van der Waals surface area contributed by atoms with Gasteiger partial charge in [-0.15, -0.1) is 0 Å². The van der Waals surface area contributed by atoms with E-state index in [1.165, 1.54) is 6.07 Å². The first kappa shape index (κ1) is 19.6. The number of nitrogens with one attached hydrogen (secondary N) is 2. The highest BCUT2D eigenvalue weighted by molar-refractivity contribution is 5.80. The van der Waals surface area contributed by atoms with E-state index in [4.69, 9.17) is 5.26 Å². The van der Waals surface area contributed by atoms with Crippen LogP contribution < -0.4 is 15.5 Å². The number of guanidine groups is 1. The van der Waals surface area contributed by atoms with E-state index >= 15 is 0 Å². The Labute approximate surface area is 165 Å². The maximum absolute atomic E-state index is 14.0. The second kappa shape index (κ2) is 9.18. The van der Waals surface area contributed by atoms with E-state index < -0.39 is 0 Å². The topological polar surface area (TPSA) is 76.3 Å². The van der Waals surface area contributed by atoms with Crippen LogP contribution in [0.15, 0.2) is 41.5 Å². The SMILES string of the molecule is CN=C(NCc1ccc(C#N)cc1F)NC1CCN(c2ccc(C)cn2)CC1. The third kappa shape index (κ3) is 4.97. The highest BCUT2D eigenvalue weighted by atomic mass is 19.1. The van der Waals surface area contributed by atoms with Crippen molar-refractivity contribution in [1.82, 2.24) is 15.6 Å². The molecule has 0 radical (unpaired) electrons. The maximum Gasteiger partial charge on any atom is 0.191 e. The Bertz CT molecular complexity index is 863. The molecule has 6 nitrogen and oxygen atoms in total. The minimum absolute atomic E-state index is 0.304. The van der Waals surface area contributed by atoms with Gasteiger partial charge < -0.3 is 15.5 Å². The number of benzene rings is 1. The van der Waals surface area contributed by atoms with Gasteiger partial charge in [-0.1, -0.05) is 12.1 Å². The molecule has 2 heterocycles. The van der Waals surface area contributed by atoms with Crippen molar-refractivity contribution in [3.8, 4) is 6.07 Å². The van der Waals surface area contributed by atoms with Gasteiger partial charge in [0.2, 0.25) is 0 Å². The van der Waals surface area contributed by atoms with Crippen LogP contribution in [0.4, 0.5) is 10.2 Å². The number of piperidine rings is 1. The minimum Gasteiger partial charge on any atom is -0.356 e. The molecule has 7 heteroatoms. The lowest BCUT2D eigenvalue weighted by molar-refractivity contribution is 0.459. The fourth-order valence-electron chi connectivity index (χ4n) is 3.23. The van der Waals surface area contributed by atoms with E-state index in [-0.39, 0.29) is 5.82 Å². The predicted octanol–water partition coefficient (Wildman–Crippen LogP) is 2.73. The van der Waals surface area contributed by atoms with Gasteiger partial charge in [-0.3, -0.25) is 4.99 Å². The molecule has 28 heavy (non-hydrogen) atoms. The average Bonchev–Trinajstić information content (AvgIpc) is 2.73. The average molecular weight is 380 g/mol. The van der Waals surface area contributed by atoms with Crippen molar-refractivity contribution in [2.45, 2.75) is 32.4 Å². The zero-order valence-corrected chi connectivity index (χ0v) is 16.2. The number of nitriles is 1. The molecule has 0 spiro atoms. The third-order valence-corrected chi connectivity index (χ3v) is 4.91. The summed E-state index contributed by atoms with van der Waals surface area (Å²) in [6, 6.07) is 10.9. The van der Waals surface area contributed by atoms with E-state index in [0.717, 1.165) is 37.3 Å². The molecule has 1 aliphatic rings. The summed E-state index contributed by atoms with van der Waals surface area (Å²) in [7, 11) is 1.70. The summed E-state index contributed by atoms with van der Waals surface area (Å²) < 4.78 is 14.0. The Morgan fingerprint density at radius 1 is 1.32 bits per heavy atom. The van der Waals surface area contributed by atoms with Gasteiger partial charge in [-0.25, -0.2) is 9.37 Å². The number of rotatable bonds is 4. The minimum atomic E-state index is -0.388. The van der Waals surface area contributed by atoms with E-state index in [0.29, 0.717) is 29.7 Å². The molecular formula is C21H25FN6. The summed E-state index contributed by atoms with van der Waals surface area (Å²) in [5.74, 6) is 1.28. The Morgan fingerprint density at radius 3 is 2.71 bits per heavy atom. The van der Waals surface area contributed by atoms with Crippen molar-refractivity contribution in [2.24, 2.45) is 4.99 Å². The first-order chi connectivity index (χ1) is 13.6. The van der Waals surface area contributed by atoms with Crippen LogP contribution in [-0.4, -0.2) is 37.1 Å². The molecule has 1 fully saturated rings. The number of aryl methyl sites for hydroxylation is 1. The highest BCUT2D eigenvalue weighted by Gasteiger charge is 2.21. The van der Waals surface area contributed by atoms with Crippen LogP contribution >= 0.6 is 0 Å². The quantitative estimate of drug-likeness (QED) is 0.630. The molecule has 1 saturated heterocycles. The summed E-state index contributed by atoms with van der Waals surface area (Å²) in [5.41, 5.74) is 1.98. The summed E-state index contributed by atoms with van der Waals surface area (Å²) in [4.78, 5) is 11.0. The number of aromatic nitrogens is 1. The van der Waals surface area contributed by atoms with Crippen molar-refractivity contribution in [2.75, 3.05) is 25.0 Å². The maximum atomic E-state index is 14.0. The summed E-state index contributed by atoms with van der Waals surface area (Å²) >= 11 is 0. The number of pyridine rings is 1. The monoisotopic (exact) mass is 380 g/mol. The molecule has 0 atom stereocenters. The summed E-state index contributed by atoms with van der Waals surface area (Å²) in [5, 5.41) is 15.4. The van der Waals surface area contributed by atoms with Gasteiger partial charge in [0.05, 0.1) is 11.6 Å². The van der Waals surface area contributed by atoms with Gasteiger partial charge in [-0.05, 0) is 43.5 Å². The molecule has 0 bridgehead atoms. The predicted molar refractivity (Wildman–Crippen MR) is 109 cm³/mol. The summed E-state index contributed by atoms with van der Waals surface area (Å²) in [6.07, 6.45) is 3.84. The molecule has 0 unspecified atom stereocenters. The standard InChI is InChI=1S/C21H25FN6/c1-15-3-6-20(25-13-15)28-9-7-18(8-10-28)27-21(24-2)26-14-17-5-4-16(12-23)11-19(17)22/h3-6,11,13,18H,7-10,14H2,1-2H3,(H2,24,26,27). The van der Waals surface area contributed by atoms with Crippen LogP contribution in [0.5, 0.6) is 0 Å². The van der Waals surface area contributed by atoms with Gasteiger partial charge in [0.1, 0.15) is 11.6 Å². The fourth-order valence-corrected chi connectivity index (χ4v) is 3.23. The molecule has 0 saturated carbocycles. The Morgan fingerprint density at radius 2 is 2.11 bits per heavy atom. The Balaban J connectivity index is 1.49. The molecule has 1 aliphatic heterocycles. The Hall–Kier alpha value is -3.14. The van der Waals surface area contributed by atoms with E-state index in [1.54, 1.807) is 19.2 Å². The van der Waals surface area contributed by atoms with Gasteiger partial charge in [0.15, 0.2) is 5.96 Å². The van der Waals surface area contributed by atoms with Crippen LogP contribution in [0.25, 0.3) is 0 Å². The molecule has 2 N–H and O–H groups in total. The number of anilines is 1. The van der Waals surface area contributed by atoms with Crippen molar-refractivity contribution in [3.05, 3.63) is 59.0 Å². The van der Waals surface area contributed by atoms with Crippen LogP contribution in [0.1, 0.15) is 29.5 Å². The molecular weight excluding hydrogens is 355 g/mol. The number of nitrogens with zero attached hydrogens (tertiary/aromatic N) is 4. The molecule has 2 aromatic rings. The zero-order chi connectivity index (χ0) is 19.9. The van der Waals surface area contributed by atoms with E-state index in [9.17, 15) is 4.39 Å². The number of halogens is 1. The number of aliphatic imine (C=N–C) groups is 1. The van der Waals surface area contributed by atoms with Gasteiger partial charge in [-0.2, -0.15) is 5.26 Å². The van der Waals surface area contributed by atoms with Crippen molar-refractivity contribution >= 4 is 11.8 Å². The number of hydrogen-bond donors (Lipinski definition) is 2. The first-order valence-corrected chi connectivity index (χ1v) is 9.42. The van der Waals surface area contributed by atoms with Crippen molar-refractivity contribution < 1.29 is 4.39 Å². The first-order valence-electron chi connectivity index (χ1n) is 9.42. The van der Waals surface area contributed by atoms with Crippen LogP contribution in [-0.2, 0) is 6.54 Å². The second-order valence-corrected chi connectivity index (χ2v) is 6.94. The third-order valence-electron chi connectivity index (χ3n) is 4.91. The molecule has 0 aliphatic carbocycles. The second-order valence-electron chi connectivity index (χ2n) is 6.94. The lowest BCUT2D eigenvalue weighted by Crippen LogP contribution is -2.48. The lowest BCUT2D eigenvalue weighted by Gasteiger charge is -2.33. The van der Waals surface area contributed by atoms with Crippen molar-refractivity contribution in [3.63, 3.8) is 0 Å². The number of hydrogen-bond acceptors (Lipinski definition) is 4. The molecule has 3 rings (SSSR count). The molecule has 146 valence electrons. The van der Waals surface area contributed by atoms with E-state index in [1.807, 2.05) is 19.2 Å².